The second kappa shape index (κ2) is 6.29. The second-order valence-electron chi connectivity index (χ2n) is 5.58. The molecule has 2 rings (SSSR count). The SMILES string of the molecule is CCSC1CCC(N2CNC(C(C)CC)C2=O)C1. The number of rotatable bonds is 5. The van der Waals surface area contributed by atoms with Gasteiger partial charge in [-0.2, -0.15) is 11.8 Å². The lowest BCUT2D eigenvalue weighted by Crippen LogP contribution is -2.39. The van der Waals surface area contributed by atoms with E-state index in [1.165, 1.54) is 25.0 Å². The topological polar surface area (TPSA) is 32.3 Å². The molecule has 2 fully saturated rings. The molecule has 2 aliphatic rings. The number of carbonyl (C=O) groups excluding carboxylic acids is 1. The molecular weight excluding hydrogens is 244 g/mol. The lowest BCUT2D eigenvalue weighted by atomic mass is 9.99. The molecule has 1 saturated heterocycles. The van der Waals surface area contributed by atoms with E-state index >= 15 is 0 Å². The lowest BCUT2D eigenvalue weighted by Gasteiger charge is -2.24. The van der Waals surface area contributed by atoms with Crippen molar-refractivity contribution in [1.82, 2.24) is 10.2 Å². The van der Waals surface area contributed by atoms with Gasteiger partial charge >= 0.3 is 0 Å². The van der Waals surface area contributed by atoms with Crippen LogP contribution in [0.5, 0.6) is 0 Å². The molecule has 1 amide bonds. The van der Waals surface area contributed by atoms with Crippen molar-refractivity contribution < 1.29 is 4.79 Å². The standard InChI is InChI=1S/C14H26N2OS/c1-4-10(3)13-14(17)16(9-15-13)11-6-7-12(8-11)18-5-2/h10-13,15H,4-9H2,1-3H3. The monoisotopic (exact) mass is 270 g/mol. The summed E-state index contributed by atoms with van der Waals surface area (Å²) >= 11 is 2.06. The number of nitrogens with one attached hydrogen (secondary N) is 1. The Labute approximate surface area is 115 Å². The average molecular weight is 270 g/mol. The van der Waals surface area contributed by atoms with Gasteiger partial charge in [-0.25, -0.2) is 0 Å². The van der Waals surface area contributed by atoms with Crippen LogP contribution in [0.2, 0.25) is 0 Å². The normalized spacial score (nSPS) is 34.3. The summed E-state index contributed by atoms with van der Waals surface area (Å²) in [6.07, 6.45) is 4.73. The molecule has 4 heteroatoms. The molecule has 104 valence electrons. The van der Waals surface area contributed by atoms with Crippen LogP contribution in [0, 0.1) is 5.92 Å². The molecule has 0 radical (unpaired) electrons. The highest BCUT2D eigenvalue weighted by Crippen LogP contribution is 2.34. The van der Waals surface area contributed by atoms with Gasteiger partial charge in [-0.1, -0.05) is 27.2 Å². The highest BCUT2D eigenvalue weighted by molar-refractivity contribution is 7.99. The van der Waals surface area contributed by atoms with Gasteiger partial charge in [0.15, 0.2) is 0 Å². The Morgan fingerprint density at radius 2 is 2.22 bits per heavy atom. The van der Waals surface area contributed by atoms with Gasteiger partial charge in [0.25, 0.3) is 0 Å². The molecular formula is C14H26N2OS. The van der Waals surface area contributed by atoms with Gasteiger partial charge in [0.1, 0.15) is 0 Å². The van der Waals surface area contributed by atoms with Crippen molar-refractivity contribution in [2.24, 2.45) is 5.92 Å². The first-order valence-electron chi connectivity index (χ1n) is 7.32. The third kappa shape index (κ3) is 2.85. The zero-order valence-electron chi connectivity index (χ0n) is 11.8. The van der Waals surface area contributed by atoms with Crippen LogP contribution in [0.1, 0.15) is 46.5 Å². The van der Waals surface area contributed by atoms with E-state index in [1.54, 1.807) is 0 Å². The van der Waals surface area contributed by atoms with Crippen LogP contribution in [0.25, 0.3) is 0 Å². The Hall–Kier alpha value is -0.220. The molecule has 1 heterocycles. The van der Waals surface area contributed by atoms with E-state index in [1.807, 2.05) is 0 Å². The van der Waals surface area contributed by atoms with Crippen molar-refractivity contribution >= 4 is 17.7 Å². The van der Waals surface area contributed by atoms with Crippen LogP contribution in [0.3, 0.4) is 0 Å². The van der Waals surface area contributed by atoms with Gasteiger partial charge in [0.2, 0.25) is 5.91 Å². The van der Waals surface area contributed by atoms with Crippen molar-refractivity contribution in [3.8, 4) is 0 Å². The number of amides is 1. The molecule has 0 aromatic carbocycles. The summed E-state index contributed by atoms with van der Waals surface area (Å²) in [5.74, 6) is 1.99. The maximum absolute atomic E-state index is 12.4. The quantitative estimate of drug-likeness (QED) is 0.833. The highest BCUT2D eigenvalue weighted by atomic mass is 32.2. The number of thioether (sulfide) groups is 1. The Morgan fingerprint density at radius 1 is 1.44 bits per heavy atom. The number of hydrogen-bond donors (Lipinski definition) is 1. The fraction of sp³-hybridized carbons (Fsp3) is 0.929. The molecule has 4 unspecified atom stereocenters. The molecule has 1 saturated carbocycles. The van der Waals surface area contributed by atoms with Crippen LogP contribution in [0.15, 0.2) is 0 Å². The van der Waals surface area contributed by atoms with Gasteiger partial charge in [-0.3, -0.25) is 10.1 Å². The summed E-state index contributed by atoms with van der Waals surface area (Å²) < 4.78 is 0. The van der Waals surface area contributed by atoms with Gasteiger partial charge < -0.3 is 4.90 Å². The van der Waals surface area contributed by atoms with E-state index in [0.29, 0.717) is 17.9 Å². The number of nitrogens with zero attached hydrogens (tertiary/aromatic N) is 1. The first-order chi connectivity index (χ1) is 8.67. The zero-order chi connectivity index (χ0) is 13.1. The summed E-state index contributed by atoms with van der Waals surface area (Å²) in [5.41, 5.74) is 0. The molecule has 0 bridgehead atoms. The van der Waals surface area contributed by atoms with E-state index in [4.69, 9.17) is 0 Å². The Morgan fingerprint density at radius 3 is 2.89 bits per heavy atom. The van der Waals surface area contributed by atoms with Gasteiger partial charge in [0, 0.05) is 11.3 Å². The maximum atomic E-state index is 12.4. The summed E-state index contributed by atoms with van der Waals surface area (Å²) in [6, 6.07) is 0.552. The van der Waals surface area contributed by atoms with Crippen LogP contribution < -0.4 is 5.32 Å². The van der Waals surface area contributed by atoms with Crippen molar-refractivity contribution in [3.63, 3.8) is 0 Å². The predicted molar refractivity (Wildman–Crippen MR) is 77.7 cm³/mol. The van der Waals surface area contributed by atoms with Gasteiger partial charge in [-0.15, -0.1) is 0 Å². The van der Waals surface area contributed by atoms with Crippen molar-refractivity contribution in [1.29, 1.82) is 0 Å². The molecule has 0 aromatic rings. The minimum absolute atomic E-state index is 0.0629. The fourth-order valence-corrected chi connectivity index (χ4v) is 4.25. The van der Waals surface area contributed by atoms with Crippen molar-refractivity contribution in [2.45, 2.75) is 63.8 Å². The average Bonchev–Trinajstić information content (AvgIpc) is 2.95. The van der Waals surface area contributed by atoms with Crippen LogP contribution in [-0.4, -0.2) is 40.6 Å². The molecule has 3 nitrogen and oxygen atoms in total. The third-order valence-electron chi connectivity index (χ3n) is 4.44. The van der Waals surface area contributed by atoms with Crippen molar-refractivity contribution in [3.05, 3.63) is 0 Å². The molecule has 1 aliphatic heterocycles. The van der Waals surface area contributed by atoms with E-state index in [0.717, 1.165) is 18.3 Å². The lowest BCUT2D eigenvalue weighted by molar-refractivity contribution is -0.131. The third-order valence-corrected chi connectivity index (χ3v) is 5.68. The summed E-state index contributed by atoms with van der Waals surface area (Å²) in [5, 5.41) is 4.17. The Kier molecular flexibility index (Phi) is 4.96. The maximum Gasteiger partial charge on any atom is 0.241 e. The Bertz CT molecular complexity index is 298. The second-order valence-corrected chi connectivity index (χ2v) is 7.16. The summed E-state index contributed by atoms with van der Waals surface area (Å²) in [6.45, 7) is 7.32. The first kappa shape index (κ1) is 14.2. The minimum Gasteiger partial charge on any atom is -0.326 e. The highest BCUT2D eigenvalue weighted by Gasteiger charge is 2.40. The molecule has 1 aliphatic carbocycles. The van der Waals surface area contributed by atoms with E-state index in [2.05, 4.69) is 42.7 Å². The fourth-order valence-electron chi connectivity index (χ4n) is 3.12. The van der Waals surface area contributed by atoms with Crippen LogP contribution in [-0.2, 0) is 4.79 Å². The summed E-state index contributed by atoms with van der Waals surface area (Å²) in [7, 11) is 0. The smallest absolute Gasteiger partial charge is 0.241 e. The molecule has 18 heavy (non-hydrogen) atoms. The van der Waals surface area contributed by atoms with E-state index in [-0.39, 0.29) is 6.04 Å². The van der Waals surface area contributed by atoms with Crippen LogP contribution >= 0.6 is 11.8 Å². The molecule has 1 N–H and O–H groups in total. The molecule has 0 spiro atoms. The van der Waals surface area contributed by atoms with Crippen molar-refractivity contribution in [2.75, 3.05) is 12.4 Å². The van der Waals surface area contributed by atoms with E-state index < -0.39 is 0 Å². The first-order valence-corrected chi connectivity index (χ1v) is 8.37. The largest absolute Gasteiger partial charge is 0.326 e. The van der Waals surface area contributed by atoms with Gasteiger partial charge in [-0.05, 0) is 30.9 Å². The predicted octanol–water partition coefficient (Wildman–Crippen LogP) is 2.46. The van der Waals surface area contributed by atoms with Gasteiger partial charge in [0.05, 0.1) is 12.7 Å². The Balaban J connectivity index is 1.90. The van der Waals surface area contributed by atoms with Crippen LogP contribution in [0.4, 0.5) is 0 Å². The summed E-state index contributed by atoms with van der Waals surface area (Å²) in [4.78, 5) is 14.5. The zero-order valence-corrected chi connectivity index (χ0v) is 12.6. The number of hydrogen-bond acceptors (Lipinski definition) is 3. The molecule has 0 aromatic heterocycles. The molecule has 4 atom stereocenters. The van der Waals surface area contributed by atoms with E-state index in [9.17, 15) is 4.79 Å². The minimum atomic E-state index is 0.0629. The number of carbonyl (C=O) groups is 1.